The molecule has 120 valence electrons. The largest absolute Gasteiger partial charge is 0.352 e. The van der Waals surface area contributed by atoms with Crippen LogP contribution in [0.3, 0.4) is 0 Å². The lowest BCUT2D eigenvalue weighted by Gasteiger charge is -2.35. The Labute approximate surface area is 126 Å². The smallest absolute Gasteiger partial charge is 0.234 e. The van der Waals surface area contributed by atoms with E-state index >= 15 is 0 Å². The van der Waals surface area contributed by atoms with Crippen molar-refractivity contribution in [2.45, 2.75) is 50.2 Å². The maximum Gasteiger partial charge on any atom is 0.234 e. The van der Waals surface area contributed by atoms with E-state index < -0.39 is 9.84 Å². The summed E-state index contributed by atoms with van der Waals surface area (Å²) >= 11 is 0. The van der Waals surface area contributed by atoms with Gasteiger partial charge in [-0.1, -0.05) is 6.42 Å². The standard InChI is InChI=1S/C14H25N3O3S/c18-14(16-11-4-5-11)8-15-12-9-21(19,20)10-13(12)17-6-2-1-3-7-17/h11-13,15H,1-10H2,(H,16,18). The summed E-state index contributed by atoms with van der Waals surface area (Å²) in [5.74, 6) is 0.374. The van der Waals surface area contributed by atoms with Crippen LogP contribution in [-0.4, -0.2) is 68.5 Å². The molecule has 1 amide bonds. The van der Waals surface area contributed by atoms with Gasteiger partial charge >= 0.3 is 0 Å². The van der Waals surface area contributed by atoms with Gasteiger partial charge in [0.2, 0.25) is 5.91 Å². The van der Waals surface area contributed by atoms with Crippen molar-refractivity contribution in [3.05, 3.63) is 0 Å². The summed E-state index contributed by atoms with van der Waals surface area (Å²) in [5, 5.41) is 6.11. The highest BCUT2D eigenvalue weighted by Gasteiger charge is 2.41. The first-order chi connectivity index (χ1) is 10.0. The van der Waals surface area contributed by atoms with Gasteiger partial charge in [0.25, 0.3) is 0 Å². The zero-order valence-corrected chi connectivity index (χ0v) is 13.2. The predicted molar refractivity (Wildman–Crippen MR) is 80.8 cm³/mol. The lowest BCUT2D eigenvalue weighted by molar-refractivity contribution is -0.120. The Bertz CT molecular complexity index is 484. The Morgan fingerprint density at radius 3 is 2.48 bits per heavy atom. The van der Waals surface area contributed by atoms with E-state index in [9.17, 15) is 13.2 Å². The molecule has 0 aromatic rings. The molecule has 0 aromatic heterocycles. The SMILES string of the molecule is O=C(CNC1CS(=O)(=O)CC1N1CCCCC1)NC1CC1. The molecule has 0 bridgehead atoms. The molecule has 0 radical (unpaired) electrons. The quantitative estimate of drug-likeness (QED) is 0.715. The molecule has 21 heavy (non-hydrogen) atoms. The number of nitrogens with one attached hydrogen (secondary N) is 2. The van der Waals surface area contributed by atoms with Crippen molar-refractivity contribution in [3.8, 4) is 0 Å². The van der Waals surface area contributed by atoms with Gasteiger partial charge in [0.1, 0.15) is 0 Å². The summed E-state index contributed by atoms with van der Waals surface area (Å²) in [4.78, 5) is 14.1. The Morgan fingerprint density at radius 2 is 1.81 bits per heavy atom. The van der Waals surface area contributed by atoms with Gasteiger partial charge in [-0.2, -0.15) is 0 Å². The van der Waals surface area contributed by atoms with Crippen LogP contribution in [0.1, 0.15) is 32.1 Å². The van der Waals surface area contributed by atoms with Crippen LogP contribution in [0.25, 0.3) is 0 Å². The van der Waals surface area contributed by atoms with Crippen molar-refractivity contribution in [2.24, 2.45) is 0 Å². The molecular weight excluding hydrogens is 290 g/mol. The van der Waals surface area contributed by atoms with E-state index in [0.29, 0.717) is 6.04 Å². The first-order valence-electron chi connectivity index (χ1n) is 8.01. The Morgan fingerprint density at radius 1 is 1.10 bits per heavy atom. The highest BCUT2D eigenvalue weighted by Crippen LogP contribution is 2.22. The molecule has 0 spiro atoms. The van der Waals surface area contributed by atoms with Crippen LogP contribution in [0.15, 0.2) is 0 Å². The Balaban J connectivity index is 1.56. The monoisotopic (exact) mass is 315 g/mol. The van der Waals surface area contributed by atoms with Crippen molar-refractivity contribution in [1.82, 2.24) is 15.5 Å². The number of amides is 1. The maximum atomic E-state index is 12.0. The predicted octanol–water partition coefficient (Wildman–Crippen LogP) is -0.494. The normalized spacial score (nSPS) is 33.0. The molecule has 2 heterocycles. The van der Waals surface area contributed by atoms with E-state index in [1.165, 1.54) is 6.42 Å². The van der Waals surface area contributed by atoms with E-state index in [1.54, 1.807) is 0 Å². The van der Waals surface area contributed by atoms with Gasteiger partial charge in [0.05, 0.1) is 18.1 Å². The van der Waals surface area contributed by atoms with Gasteiger partial charge in [-0.05, 0) is 38.8 Å². The van der Waals surface area contributed by atoms with Crippen LogP contribution in [-0.2, 0) is 14.6 Å². The highest BCUT2D eigenvalue weighted by atomic mass is 32.2. The second-order valence-corrected chi connectivity index (χ2v) is 8.72. The van der Waals surface area contributed by atoms with Crippen LogP contribution in [0.5, 0.6) is 0 Å². The summed E-state index contributed by atoms with van der Waals surface area (Å²) in [6.45, 7) is 2.18. The van der Waals surface area contributed by atoms with Gasteiger partial charge in [-0.15, -0.1) is 0 Å². The maximum absolute atomic E-state index is 12.0. The van der Waals surface area contributed by atoms with Crippen LogP contribution in [0, 0.1) is 0 Å². The number of rotatable bonds is 5. The molecule has 7 heteroatoms. The van der Waals surface area contributed by atoms with Crippen LogP contribution < -0.4 is 10.6 Å². The summed E-state index contributed by atoms with van der Waals surface area (Å²) in [6, 6.07) is 0.270. The van der Waals surface area contributed by atoms with Crippen molar-refractivity contribution >= 4 is 15.7 Å². The summed E-state index contributed by atoms with van der Waals surface area (Å²) in [7, 11) is -2.99. The van der Waals surface area contributed by atoms with Crippen molar-refractivity contribution in [1.29, 1.82) is 0 Å². The third-order valence-corrected chi connectivity index (χ3v) is 6.37. The van der Waals surface area contributed by atoms with Gasteiger partial charge in [-0.25, -0.2) is 8.42 Å². The van der Waals surface area contributed by atoms with E-state index in [1.807, 2.05) is 0 Å². The average molecular weight is 315 g/mol. The van der Waals surface area contributed by atoms with E-state index in [2.05, 4.69) is 15.5 Å². The molecule has 0 aromatic carbocycles. The van der Waals surface area contributed by atoms with Crippen molar-refractivity contribution in [3.63, 3.8) is 0 Å². The zero-order valence-electron chi connectivity index (χ0n) is 12.4. The second-order valence-electron chi connectivity index (χ2n) is 6.57. The third-order valence-electron chi connectivity index (χ3n) is 4.65. The molecule has 2 N–H and O–H groups in total. The first-order valence-corrected chi connectivity index (χ1v) is 9.83. The van der Waals surface area contributed by atoms with Crippen LogP contribution >= 0.6 is 0 Å². The number of hydrogen-bond acceptors (Lipinski definition) is 5. The van der Waals surface area contributed by atoms with Gasteiger partial charge < -0.3 is 10.6 Å². The van der Waals surface area contributed by atoms with Gasteiger partial charge in [0.15, 0.2) is 9.84 Å². The Hall–Kier alpha value is -0.660. The van der Waals surface area contributed by atoms with E-state index in [4.69, 9.17) is 0 Å². The lowest BCUT2D eigenvalue weighted by Crippen LogP contribution is -2.52. The molecule has 3 fully saturated rings. The summed E-state index contributed by atoms with van der Waals surface area (Å²) < 4.78 is 23.9. The molecular formula is C14H25N3O3S. The zero-order chi connectivity index (χ0) is 14.9. The molecule has 1 aliphatic carbocycles. The molecule has 2 atom stereocenters. The lowest BCUT2D eigenvalue weighted by atomic mass is 10.1. The molecule has 2 unspecified atom stereocenters. The topological polar surface area (TPSA) is 78.5 Å². The van der Waals surface area contributed by atoms with Crippen LogP contribution in [0.2, 0.25) is 0 Å². The first kappa shape index (κ1) is 15.2. The van der Waals surface area contributed by atoms with Crippen molar-refractivity contribution < 1.29 is 13.2 Å². The molecule has 2 saturated heterocycles. The number of hydrogen-bond donors (Lipinski definition) is 2. The minimum atomic E-state index is -2.99. The molecule has 3 aliphatic rings. The minimum absolute atomic E-state index is 0.0146. The molecule has 3 rings (SSSR count). The van der Waals surface area contributed by atoms with Gasteiger partial charge in [-0.3, -0.25) is 9.69 Å². The average Bonchev–Trinajstić information content (AvgIpc) is 3.20. The van der Waals surface area contributed by atoms with Gasteiger partial charge in [0, 0.05) is 18.1 Å². The highest BCUT2D eigenvalue weighted by molar-refractivity contribution is 7.91. The minimum Gasteiger partial charge on any atom is -0.352 e. The van der Waals surface area contributed by atoms with Crippen molar-refractivity contribution in [2.75, 3.05) is 31.1 Å². The fraction of sp³-hybridized carbons (Fsp3) is 0.929. The third kappa shape index (κ3) is 4.17. The molecule has 2 aliphatic heterocycles. The number of sulfone groups is 1. The second kappa shape index (κ2) is 6.22. The number of carbonyl (C=O) groups excluding carboxylic acids is 1. The summed E-state index contributed by atoms with van der Waals surface area (Å²) in [6.07, 6.45) is 5.66. The van der Waals surface area contributed by atoms with E-state index in [0.717, 1.165) is 38.8 Å². The molecule has 6 nitrogen and oxygen atoms in total. The van der Waals surface area contributed by atoms with Crippen LogP contribution in [0.4, 0.5) is 0 Å². The summed E-state index contributed by atoms with van der Waals surface area (Å²) in [5.41, 5.74) is 0. The number of carbonyl (C=O) groups is 1. The fourth-order valence-corrected chi connectivity index (χ4v) is 5.35. The fourth-order valence-electron chi connectivity index (χ4n) is 3.36. The number of piperidine rings is 1. The molecule has 1 saturated carbocycles. The van der Waals surface area contributed by atoms with E-state index in [-0.39, 0.29) is 36.0 Å². The number of likely N-dealkylation sites (tertiary alicyclic amines) is 1. The number of nitrogens with zero attached hydrogens (tertiary/aromatic N) is 1. The Kier molecular flexibility index (Phi) is 4.51.